The lowest BCUT2D eigenvalue weighted by Gasteiger charge is -2.30. The van der Waals surface area contributed by atoms with Crippen LogP contribution in [-0.2, 0) is 0 Å². The van der Waals surface area contributed by atoms with E-state index in [1.54, 1.807) is 0 Å². The SMILES string of the molecule is CCC1N(C)CCC1(O)CN. The maximum Gasteiger partial charge on any atom is 0.0935 e. The summed E-state index contributed by atoms with van der Waals surface area (Å²) in [5, 5.41) is 9.96. The van der Waals surface area contributed by atoms with Gasteiger partial charge in [-0.1, -0.05) is 6.92 Å². The van der Waals surface area contributed by atoms with Crippen molar-refractivity contribution in [3.8, 4) is 0 Å². The number of likely N-dealkylation sites (N-methyl/N-ethyl adjacent to an activating group) is 1. The molecule has 0 saturated carbocycles. The Balaban J connectivity index is 2.67. The molecular weight excluding hydrogens is 140 g/mol. The highest BCUT2D eigenvalue weighted by Gasteiger charge is 2.41. The second kappa shape index (κ2) is 3.09. The fourth-order valence-electron chi connectivity index (χ4n) is 2.03. The molecule has 3 heteroatoms. The molecule has 0 aromatic carbocycles. The van der Waals surface area contributed by atoms with Gasteiger partial charge in [-0.3, -0.25) is 0 Å². The van der Waals surface area contributed by atoms with Crippen molar-refractivity contribution < 1.29 is 5.11 Å². The van der Waals surface area contributed by atoms with Crippen LogP contribution in [0.1, 0.15) is 19.8 Å². The molecule has 0 aromatic heterocycles. The molecule has 66 valence electrons. The van der Waals surface area contributed by atoms with Crippen molar-refractivity contribution in [1.29, 1.82) is 0 Å². The number of aliphatic hydroxyl groups is 1. The van der Waals surface area contributed by atoms with E-state index < -0.39 is 5.60 Å². The van der Waals surface area contributed by atoms with Gasteiger partial charge in [-0.25, -0.2) is 0 Å². The first-order chi connectivity index (χ1) is 5.14. The van der Waals surface area contributed by atoms with E-state index in [1.165, 1.54) is 0 Å². The molecule has 2 atom stereocenters. The Hall–Kier alpha value is -0.120. The summed E-state index contributed by atoms with van der Waals surface area (Å²) in [6, 6.07) is 0.257. The Morgan fingerprint density at radius 3 is 2.73 bits per heavy atom. The van der Waals surface area contributed by atoms with E-state index in [2.05, 4.69) is 11.8 Å². The molecular formula is C8H18N2O. The number of rotatable bonds is 2. The third kappa shape index (κ3) is 1.41. The Morgan fingerprint density at radius 1 is 1.73 bits per heavy atom. The zero-order valence-electron chi connectivity index (χ0n) is 7.38. The third-order valence-electron chi connectivity index (χ3n) is 2.79. The number of nitrogens with zero attached hydrogens (tertiary/aromatic N) is 1. The lowest BCUT2D eigenvalue weighted by molar-refractivity contribution is 0.0150. The minimum absolute atomic E-state index is 0.257. The van der Waals surface area contributed by atoms with Gasteiger partial charge in [-0.15, -0.1) is 0 Å². The molecule has 3 nitrogen and oxygen atoms in total. The number of likely N-dealkylation sites (tertiary alicyclic amines) is 1. The van der Waals surface area contributed by atoms with Gasteiger partial charge in [0.2, 0.25) is 0 Å². The third-order valence-corrected chi connectivity index (χ3v) is 2.79. The smallest absolute Gasteiger partial charge is 0.0935 e. The second-order valence-corrected chi connectivity index (χ2v) is 3.46. The van der Waals surface area contributed by atoms with Gasteiger partial charge in [0.05, 0.1) is 5.60 Å². The molecule has 2 unspecified atom stereocenters. The van der Waals surface area contributed by atoms with Crippen LogP contribution in [0.3, 0.4) is 0 Å². The second-order valence-electron chi connectivity index (χ2n) is 3.46. The summed E-state index contributed by atoms with van der Waals surface area (Å²) in [6.45, 7) is 3.44. The van der Waals surface area contributed by atoms with E-state index in [9.17, 15) is 5.11 Å². The fraction of sp³-hybridized carbons (Fsp3) is 1.00. The molecule has 1 aliphatic heterocycles. The molecule has 0 bridgehead atoms. The number of nitrogens with two attached hydrogens (primary N) is 1. The Morgan fingerprint density at radius 2 is 2.36 bits per heavy atom. The van der Waals surface area contributed by atoms with Crippen LogP contribution in [-0.4, -0.2) is 41.8 Å². The quantitative estimate of drug-likeness (QED) is 0.584. The van der Waals surface area contributed by atoms with E-state index in [1.807, 2.05) is 7.05 Å². The van der Waals surface area contributed by atoms with E-state index in [0.29, 0.717) is 6.54 Å². The molecule has 1 heterocycles. The lowest BCUT2D eigenvalue weighted by Crippen LogP contribution is -2.48. The van der Waals surface area contributed by atoms with Crippen LogP contribution in [0.5, 0.6) is 0 Å². The van der Waals surface area contributed by atoms with Gasteiger partial charge >= 0.3 is 0 Å². The van der Waals surface area contributed by atoms with E-state index in [0.717, 1.165) is 19.4 Å². The number of hydrogen-bond donors (Lipinski definition) is 2. The van der Waals surface area contributed by atoms with Crippen molar-refractivity contribution in [2.45, 2.75) is 31.4 Å². The first-order valence-electron chi connectivity index (χ1n) is 4.26. The molecule has 0 spiro atoms. The van der Waals surface area contributed by atoms with Crippen molar-refractivity contribution in [2.75, 3.05) is 20.1 Å². The fourth-order valence-corrected chi connectivity index (χ4v) is 2.03. The summed E-state index contributed by atoms with van der Waals surface area (Å²) < 4.78 is 0. The Labute approximate surface area is 68.2 Å². The standard InChI is InChI=1S/C8H18N2O/c1-3-7-8(11,6-9)4-5-10(7)2/h7,11H,3-6,9H2,1-2H3. The maximum atomic E-state index is 9.96. The van der Waals surface area contributed by atoms with E-state index in [-0.39, 0.29) is 6.04 Å². The minimum Gasteiger partial charge on any atom is -0.387 e. The molecule has 0 aromatic rings. The van der Waals surface area contributed by atoms with Gasteiger partial charge < -0.3 is 15.7 Å². The van der Waals surface area contributed by atoms with Crippen LogP contribution >= 0.6 is 0 Å². The topological polar surface area (TPSA) is 49.5 Å². The Kier molecular flexibility index (Phi) is 2.52. The summed E-state index contributed by atoms with van der Waals surface area (Å²) >= 11 is 0. The zero-order chi connectivity index (χ0) is 8.48. The molecule has 0 amide bonds. The summed E-state index contributed by atoms with van der Waals surface area (Å²) in [7, 11) is 2.04. The summed E-state index contributed by atoms with van der Waals surface area (Å²) in [6.07, 6.45) is 1.79. The van der Waals surface area contributed by atoms with Crippen molar-refractivity contribution in [3.05, 3.63) is 0 Å². The van der Waals surface area contributed by atoms with Gasteiger partial charge in [-0.05, 0) is 19.9 Å². The molecule has 0 radical (unpaired) electrons. The van der Waals surface area contributed by atoms with Crippen LogP contribution in [0, 0.1) is 0 Å². The molecule has 0 aliphatic carbocycles. The summed E-state index contributed by atoms with van der Waals surface area (Å²) in [4.78, 5) is 2.19. The van der Waals surface area contributed by atoms with Crippen molar-refractivity contribution >= 4 is 0 Å². The normalized spacial score (nSPS) is 39.8. The molecule has 3 N–H and O–H groups in total. The monoisotopic (exact) mass is 158 g/mol. The Bertz CT molecular complexity index is 140. The lowest BCUT2D eigenvalue weighted by atomic mass is 9.93. The number of hydrogen-bond acceptors (Lipinski definition) is 3. The average Bonchev–Trinajstić information content (AvgIpc) is 2.29. The van der Waals surface area contributed by atoms with Gasteiger partial charge in [0.1, 0.15) is 0 Å². The van der Waals surface area contributed by atoms with Crippen molar-refractivity contribution in [3.63, 3.8) is 0 Å². The average molecular weight is 158 g/mol. The predicted octanol–water partition coefficient (Wildman–Crippen LogP) is -0.210. The zero-order valence-corrected chi connectivity index (χ0v) is 7.38. The molecule has 1 saturated heterocycles. The highest BCUT2D eigenvalue weighted by molar-refractivity contribution is 4.98. The van der Waals surface area contributed by atoms with Gasteiger partial charge in [-0.2, -0.15) is 0 Å². The van der Waals surface area contributed by atoms with E-state index >= 15 is 0 Å². The predicted molar refractivity (Wildman–Crippen MR) is 45.3 cm³/mol. The molecule has 1 rings (SSSR count). The first-order valence-corrected chi connectivity index (χ1v) is 4.26. The molecule has 11 heavy (non-hydrogen) atoms. The van der Waals surface area contributed by atoms with E-state index in [4.69, 9.17) is 5.73 Å². The summed E-state index contributed by atoms with van der Waals surface area (Å²) in [5.74, 6) is 0. The van der Waals surface area contributed by atoms with Crippen molar-refractivity contribution in [2.24, 2.45) is 5.73 Å². The van der Waals surface area contributed by atoms with Gasteiger partial charge in [0.25, 0.3) is 0 Å². The maximum absolute atomic E-state index is 9.96. The van der Waals surface area contributed by atoms with Crippen LogP contribution in [0.15, 0.2) is 0 Å². The highest BCUT2D eigenvalue weighted by Crippen LogP contribution is 2.28. The first kappa shape index (κ1) is 8.97. The molecule has 1 aliphatic rings. The van der Waals surface area contributed by atoms with Gasteiger partial charge in [0.15, 0.2) is 0 Å². The molecule has 1 fully saturated rings. The van der Waals surface area contributed by atoms with Crippen LogP contribution < -0.4 is 5.73 Å². The highest BCUT2D eigenvalue weighted by atomic mass is 16.3. The van der Waals surface area contributed by atoms with Crippen molar-refractivity contribution in [1.82, 2.24) is 4.90 Å². The van der Waals surface area contributed by atoms with Crippen LogP contribution in [0.4, 0.5) is 0 Å². The largest absolute Gasteiger partial charge is 0.387 e. The van der Waals surface area contributed by atoms with Crippen LogP contribution in [0.25, 0.3) is 0 Å². The van der Waals surface area contributed by atoms with Gasteiger partial charge in [0, 0.05) is 19.1 Å². The summed E-state index contributed by atoms with van der Waals surface area (Å²) in [5.41, 5.74) is 4.90. The van der Waals surface area contributed by atoms with Crippen LogP contribution in [0.2, 0.25) is 0 Å². The minimum atomic E-state index is -0.622.